The fourth-order valence-electron chi connectivity index (χ4n) is 2.47. The maximum Gasteiger partial charge on any atom is 0.0385 e. The second kappa shape index (κ2) is 7.72. The predicted octanol–water partition coefficient (Wildman–Crippen LogP) is 5.37. The highest BCUT2D eigenvalue weighted by Crippen LogP contribution is 2.22. The van der Waals surface area contributed by atoms with Crippen molar-refractivity contribution >= 4 is 17.1 Å². The fraction of sp³-hybridized carbons (Fsp3) is 0.368. The summed E-state index contributed by atoms with van der Waals surface area (Å²) in [4.78, 5) is 2.45. The van der Waals surface area contributed by atoms with Crippen molar-refractivity contribution in [2.75, 3.05) is 23.3 Å². The van der Waals surface area contributed by atoms with Crippen LogP contribution < -0.4 is 10.2 Å². The van der Waals surface area contributed by atoms with Crippen LogP contribution in [-0.4, -0.2) is 13.1 Å². The highest BCUT2D eigenvalue weighted by Gasteiger charge is 2.04. The number of hydrogen-bond acceptors (Lipinski definition) is 2. The number of nitrogens with zero attached hydrogens (tertiary/aromatic N) is 1. The third-order valence-corrected chi connectivity index (χ3v) is 3.56. The molecule has 0 amide bonds. The Bertz CT molecular complexity index is 522. The first kappa shape index (κ1) is 15.4. The molecule has 1 N–H and O–H groups in total. The van der Waals surface area contributed by atoms with Crippen LogP contribution in [0.15, 0.2) is 48.5 Å². The number of nitrogens with one attached hydrogen (secondary N) is 1. The summed E-state index contributed by atoms with van der Waals surface area (Å²) in [6, 6.07) is 17.2. The maximum absolute atomic E-state index is 3.44. The highest BCUT2D eigenvalue weighted by molar-refractivity contribution is 5.63. The minimum atomic E-state index is 1.12. The minimum absolute atomic E-state index is 1.12. The predicted molar refractivity (Wildman–Crippen MR) is 93.7 cm³/mol. The Morgan fingerprint density at radius 1 is 0.762 bits per heavy atom. The van der Waals surface area contributed by atoms with Gasteiger partial charge in [0.15, 0.2) is 0 Å². The van der Waals surface area contributed by atoms with E-state index in [9.17, 15) is 0 Å². The second-order valence-electron chi connectivity index (χ2n) is 5.52. The molecule has 0 aliphatic rings. The molecule has 2 aromatic carbocycles. The molecule has 0 fully saturated rings. The minimum Gasteiger partial charge on any atom is -0.372 e. The summed E-state index contributed by atoms with van der Waals surface area (Å²) in [6.45, 7) is 8.82. The molecule has 0 aliphatic carbocycles. The van der Waals surface area contributed by atoms with Crippen LogP contribution in [0.1, 0.15) is 32.3 Å². The van der Waals surface area contributed by atoms with E-state index in [2.05, 4.69) is 79.5 Å². The standard InChI is InChI=1S/C19H26N2/c1-4-14-21(15-5-2)19-12-10-18(11-13-19)20-17-8-6-16(3)7-9-17/h6-13,20H,4-5,14-15H2,1-3H3. The van der Waals surface area contributed by atoms with Crippen LogP contribution in [0.3, 0.4) is 0 Å². The SMILES string of the molecule is CCCN(CCC)c1ccc(Nc2ccc(C)cc2)cc1. The monoisotopic (exact) mass is 282 g/mol. The Morgan fingerprint density at radius 3 is 1.71 bits per heavy atom. The average Bonchev–Trinajstić information content (AvgIpc) is 2.50. The largest absolute Gasteiger partial charge is 0.372 e. The van der Waals surface area contributed by atoms with Gasteiger partial charge in [-0.25, -0.2) is 0 Å². The van der Waals surface area contributed by atoms with E-state index in [1.165, 1.54) is 24.1 Å². The lowest BCUT2D eigenvalue weighted by molar-refractivity contribution is 0.745. The lowest BCUT2D eigenvalue weighted by atomic mass is 10.2. The molecule has 0 heterocycles. The van der Waals surface area contributed by atoms with Gasteiger partial charge in [0.2, 0.25) is 0 Å². The normalized spacial score (nSPS) is 10.4. The van der Waals surface area contributed by atoms with Crippen molar-refractivity contribution in [3.8, 4) is 0 Å². The number of rotatable bonds is 7. The first-order valence-electron chi connectivity index (χ1n) is 7.91. The molecule has 2 aromatic rings. The summed E-state index contributed by atoms with van der Waals surface area (Å²) in [6.07, 6.45) is 2.37. The van der Waals surface area contributed by atoms with Crippen LogP contribution in [0.4, 0.5) is 17.1 Å². The van der Waals surface area contributed by atoms with Crippen LogP contribution in [-0.2, 0) is 0 Å². The van der Waals surface area contributed by atoms with E-state index in [-0.39, 0.29) is 0 Å². The quantitative estimate of drug-likeness (QED) is 0.735. The van der Waals surface area contributed by atoms with Crippen molar-refractivity contribution in [2.45, 2.75) is 33.6 Å². The summed E-state index contributed by atoms with van der Waals surface area (Å²) in [5.74, 6) is 0. The smallest absolute Gasteiger partial charge is 0.0385 e. The molecule has 0 atom stereocenters. The van der Waals surface area contributed by atoms with Crippen molar-refractivity contribution in [3.63, 3.8) is 0 Å². The van der Waals surface area contributed by atoms with Crippen LogP contribution in [0.2, 0.25) is 0 Å². The number of hydrogen-bond donors (Lipinski definition) is 1. The number of aryl methyl sites for hydroxylation is 1. The second-order valence-corrected chi connectivity index (χ2v) is 5.52. The third kappa shape index (κ3) is 4.52. The fourth-order valence-corrected chi connectivity index (χ4v) is 2.47. The van der Waals surface area contributed by atoms with Crippen LogP contribution >= 0.6 is 0 Å². The molecule has 0 bridgehead atoms. The number of benzene rings is 2. The van der Waals surface area contributed by atoms with Crippen LogP contribution in [0.5, 0.6) is 0 Å². The molecule has 2 heteroatoms. The Balaban J connectivity index is 2.05. The van der Waals surface area contributed by atoms with Crippen LogP contribution in [0.25, 0.3) is 0 Å². The van der Waals surface area contributed by atoms with Gasteiger partial charge in [0.25, 0.3) is 0 Å². The molecular formula is C19H26N2. The molecule has 0 saturated heterocycles. The zero-order chi connectivity index (χ0) is 15.1. The summed E-state index contributed by atoms with van der Waals surface area (Å²) < 4.78 is 0. The lowest BCUT2D eigenvalue weighted by Crippen LogP contribution is -2.24. The zero-order valence-corrected chi connectivity index (χ0v) is 13.4. The number of anilines is 3. The van der Waals surface area contributed by atoms with E-state index in [0.717, 1.165) is 24.5 Å². The van der Waals surface area contributed by atoms with Gasteiger partial charge in [-0.2, -0.15) is 0 Å². The van der Waals surface area contributed by atoms with E-state index in [0.29, 0.717) is 0 Å². The Hall–Kier alpha value is -1.96. The molecular weight excluding hydrogens is 256 g/mol. The summed E-state index contributed by atoms with van der Waals surface area (Å²) in [7, 11) is 0. The highest BCUT2D eigenvalue weighted by atomic mass is 15.1. The summed E-state index contributed by atoms with van der Waals surface area (Å²) in [5, 5.41) is 3.44. The third-order valence-electron chi connectivity index (χ3n) is 3.56. The first-order valence-corrected chi connectivity index (χ1v) is 7.91. The molecule has 0 aromatic heterocycles. The maximum atomic E-state index is 3.44. The van der Waals surface area contributed by atoms with Crippen molar-refractivity contribution in [2.24, 2.45) is 0 Å². The van der Waals surface area contributed by atoms with Gasteiger partial charge in [0, 0.05) is 30.2 Å². The van der Waals surface area contributed by atoms with Crippen molar-refractivity contribution < 1.29 is 0 Å². The Kier molecular flexibility index (Phi) is 5.68. The van der Waals surface area contributed by atoms with Gasteiger partial charge < -0.3 is 10.2 Å². The average molecular weight is 282 g/mol. The molecule has 0 unspecified atom stereocenters. The zero-order valence-electron chi connectivity index (χ0n) is 13.4. The molecule has 21 heavy (non-hydrogen) atoms. The van der Waals surface area contributed by atoms with Gasteiger partial charge in [-0.3, -0.25) is 0 Å². The molecule has 0 saturated carbocycles. The van der Waals surface area contributed by atoms with Gasteiger partial charge in [0.1, 0.15) is 0 Å². The first-order chi connectivity index (χ1) is 10.2. The molecule has 2 nitrogen and oxygen atoms in total. The van der Waals surface area contributed by atoms with E-state index < -0.39 is 0 Å². The summed E-state index contributed by atoms with van der Waals surface area (Å²) in [5.41, 5.74) is 4.86. The molecule has 0 spiro atoms. The van der Waals surface area contributed by atoms with Gasteiger partial charge in [-0.15, -0.1) is 0 Å². The molecule has 112 valence electrons. The van der Waals surface area contributed by atoms with Gasteiger partial charge in [0.05, 0.1) is 0 Å². The van der Waals surface area contributed by atoms with Gasteiger partial charge in [-0.05, 0) is 56.2 Å². The van der Waals surface area contributed by atoms with E-state index >= 15 is 0 Å². The Labute approximate surface area is 128 Å². The topological polar surface area (TPSA) is 15.3 Å². The van der Waals surface area contributed by atoms with Gasteiger partial charge >= 0.3 is 0 Å². The molecule has 0 radical (unpaired) electrons. The van der Waals surface area contributed by atoms with Gasteiger partial charge in [-0.1, -0.05) is 31.5 Å². The molecule has 2 rings (SSSR count). The molecule has 0 aliphatic heterocycles. The van der Waals surface area contributed by atoms with Crippen LogP contribution in [0, 0.1) is 6.92 Å². The van der Waals surface area contributed by atoms with E-state index in [1.807, 2.05) is 0 Å². The van der Waals surface area contributed by atoms with Crippen molar-refractivity contribution in [1.82, 2.24) is 0 Å². The Morgan fingerprint density at radius 2 is 1.24 bits per heavy atom. The lowest BCUT2D eigenvalue weighted by Gasteiger charge is -2.24. The summed E-state index contributed by atoms with van der Waals surface area (Å²) >= 11 is 0. The van der Waals surface area contributed by atoms with Crippen molar-refractivity contribution in [1.29, 1.82) is 0 Å². The van der Waals surface area contributed by atoms with E-state index in [4.69, 9.17) is 0 Å². The van der Waals surface area contributed by atoms with Crippen molar-refractivity contribution in [3.05, 3.63) is 54.1 Å². The van der Waals surface area contributed by atoms with E-state index in [1.54, 1.807) is 0 Å².